The lowest BCUT2D eigenvalue weighted by Crippen LogP contribution is -2.11. The van der Waals surface area contributed by atoms with Crippen molar-refractivity contribution in [2.45, 2.75) is 20.3 Å². The molecule has 1 amide bonds. The Labute approximate surface area is 66.5 Å². The molecule has 0 bridgehead atoms. The normalized spacial score (nSPS) is 12.0. The zero-order valence-corrected chi connectivity index (χ0v) is 6.83. The topological polar surface area (TPSA) is 52.3 Å². The van der Waals surface area contributed by atoms with Crippen LogP contribution in [0.1, 0.15) is 20.3 Å². The van der Waals surface area contributed by atoms with Crippen LogP contribution in [0.5, 0.6) is 0 Å². The SMILES string of the molecule is CC=CCC=C(C)OC(N)=O. The fourth-order valence-electron chi connectivity index (χ4n) is 0.570. The maximum Gasteiger partial charge on any atom is 0.409 e. The molecule has 0 radical (unpaired) electrons. The first-order chi connectivity index (χ1) is 5.16. The number of amides is 1. The summed E-state index contributed by atoms with van der Waals surface area (Å²) in [6.07, 6.45) is 5.65. The molecular formula is C8H13NO2. The first-order valence-corrected chi connectivity index (χ1v) is 3.42. The first kappa shape index (κ1) is 9.75. The van der Waals surface area contributed by atoms with Gasteiger partial charge in [-0.1, -0.05) is 12.2 Å². The summed E-state index contributed by atoms with van der Waals surface area (Å²) in [5.74, 6) is 0.538. The molecule has 0 saturated heterocycles. The van der Waals surface area contributed by atoms with Crippen molar-refractivity contribution in [2.75, 3.05) is 0 Å². The molecule has 11 heavy (non-hydrogen) atoms. The van der Waals surface area contributed by atoms with Crippen molar-refractivity contribution in [3.63, 3.8) is 0 Å². The van der Waals surface area contributed by atoms with Crippen LogP contribution < -0.4 is 5.73 Å². The third kappa shape index (κ3) is 6.64. The van der Waals surface area contributed by atoms with Gasteiger partial charge in [-0.25, -0.2) is 4.79 Å². The first-order valence-electron chi connectivity index (χ1n) is 3.42. The summed E-state index contributed by atoms with van der Waals surface area (Å²) in [4.78, 5) is 10.2. The highest BCUT2D eigenvalue weighted by Gasteiger charge is 1.92. The van der Waals surface area contributed by atoms with Gasteiger partial charge in [0.1, 0.15) is 5.76 Å². The quantitative estimate of drug-likeness (QED) is 0.500. The maximum atomic E-state index is 10.2. The van der Waals surface area contributed by atoms with Gasteiger partial charge in [0.05, 0.1) is 0 Å². The zero-order chi connectivity index (χ0) is 8.69. The summed E-state index contributed by atoms with van der Waals surface area (Å²) < 4.78 is 4.56. The van der Waals surface area contributed by atoms with Gasteiger partial charge in [-0.05, 0) is 26.3 Å². The minimum atomic E-state index is -0.765. The molecule has 3 heteroatoms. The largest absolute Gasteiger partial charge is 0.416 e. The lowest BCUT2D eigenvalue weighted by molar-refractivity contribution is 0.187. The van der Waals surface area contributed by atoms with E-state index in [0.717, 1.165) is 6.42 Å². The summed E-state index contributed by atoms with van der Waals surface area (Å²) in [5.41, 5.74) is 4.78. The Morgan fingerprint density at radius 2 is 2.27 bits per heavy atom. The maximum absolute atomic E-state index is 10.2. The van der Waals surface area contributed by atoms with Gasteiger partial charge in [0.25, 0.3) is 0 Å². The van der Waals surface area contributed by atoms with E-state index in [9.17, 15) is 4.79 Å². The predicted molar refractivity (Wildman–Crippen MR) is 43.9 cm³/mol. The summed E-state index contributed by atoms with van der Waals surface area (Å²) in [7, 11) is 0. The zero-order valence-electron chi connectivity index (χ0n) is 6.83. The van der Waals surface area contributed by atoms with Crippen molar-refractivity contribution in [3.8, 4) is 0 Å². The van der Waals surface area contributed by atoms with E-state index in [1.165, 1.54) is 0 Å². The fourth-order valence-corrected chi connectivity index (χ4v) is 0.570. The Hall–Kier alpha value is -1.25. The fraction of sp³-hybridized carbons (Fsp3) is 0.375. The van der Waals surface area contributed by atoms with Gasteiger partial charge in [0.15, 0.2) is 0 Å². The number of carbonyl (C=O) groups excluding carboxylic acids is 1. The van der Waals surface area contributed by atoms with E-state index >= 15 is 0 Å². The Morgan fingerprint density at radius 1 is 1.64 bits per heavy atom. The van der Waals surface area contributed by atoms with Crippen molar-refractivity contribution in [3.05, 3.63) is 24.0 Å². The predicted octanol–water partition coefficient (Wildman–Crippen LogP) is 1.95. The standard InChI is InChI=1S/C8H13NO2/c1-3-4-5-6-7(2)11-8(9)10/h3-4,6H,5H2,1-2H3,(H2,9,10). The number of nitrogens with two attached hydrogens (primary N) is 1. The Morgan fingerprint density at radius 3 is 2.73 bits per heavy atom. The van der Waals surface area contributed by atoms with Crippen LogP contribution in [0.25, 0.3) is 0 Å². The van der Waals surface area contributed by atoms with Crippen LogP contribution in [0.2, 0.25) is 0 Å². The Balaban J connectivity index is 3.71. The van der Waals surface area contributed by atoms with Gasteiger partial charge in [-0.3, -0.25) is 0 Å². The summed E-state index contributed by atoms with van der Waals surface area (Å²) in [5, 5.41) is 0. The third-order valence-electron chi connectivity index (χ3n) is 1.04. The molecule has 0 aliphatic rings. The van der Waals surface area contributed by atoms with E-state index in [1.54, 1.807) is 13.0 Å². The molecule has 0 saturated carbocycles. The lowest BCUT2D eigenvalue weighted by atomic mass is 10.3. The lowest BCUT2D eigenvalue weighted by Gasteiger charge is -1.97. The van der Waals surface area contributed by atoms with E-state index < -0.39 is 6.09 Å². The molecule has 0 rings (SSSR count). The van der Waals surface area contributed by atoms with Crippen LogP contribution in [0.3, 0.4) is 0 Å². The molecule has 0 unspecified atom stereocenters. The Bertz CT molecular complexity index is 183. The van der Waals surface area contributed by atoms with Gasteiger partial charge in [-0.2, -0.15) is 0 Å². The number of hydrogen-bond acceptors (Lipinski definition) is 2. The summed E-state index contributed by atoms with van der Waals surface area (Å²) in [6.45, 7) is 3.62. The van der Waals surface area contributed by atoms with Crippen LogP contribution in [0.4, 0.5) is 4.79 Å². The second-order valence-corrected chi connectivity index (χ2v) is 2.04. The second-order valence-electron chi connectivity index (χ2n) is 2.04. The van der Waals surface area contributed by atoms with Gasteiger partial charge in [-0.15, -0.1) is 0 Å². The van der Waals surface area contributed by atoms with Crippen LogP contribution >= 0.6 is 0 Å². The number of allylic oxidation sites excluding steroid dienone is 4. The molecule has 0 fully saturated rings. The smallest absolute Gasteiger partial charge is 0.409 e. The van der Waals surface area contributed by atoms with E-state index in [0.29, 0.717) is 5.76 Å². The average molecular weight is 155 g/mol. The van der Waals surface area contributed by atoms with Crippen molar-refractivity contribution >= 4 is 6.09 Å². The molecule has 2 N–H and O–H groups in total. The molecule has 0 aromatic carbocycles. The molecule has 0 atom stereocenters. The molecule has 0 aliphatic heterocycles. The molecule has 0 aliphatic carbocycles. The number of rotatable bonds is 3. The molecule has 62 valence electrons. The molecule has 0 aromatic rings. The molecule has 0 heterocycles. The van der Waals surface area contributed by atoms with E-state index in [1.807, 2.05) is 19.1 Å². The Kier molecular flexibility index (Phi) is 4.90. The van der Waals surface area contributed by atoms with Crippen molar-refractivity contribution in [1.82, 2.24) is 0 Å². The van der Waals surface area contributed by atoms with Crippen molar-refractivity contribution in [1.29, 1.82) is 0 Å². The monoisotopic (exact) mass is 155 g/mol. The van der Waals surface area contributed by atoms with E-state index in [-0.39, 0.29) is 0 Å². The second kappa shape index (κ2) is 5.53. The number of primary amides is 1. The average Bonchev–Trinajstić information content (AvgIpc) is 1.86. The van der Waals surface area contributed by atoms with Crippen LogP contribution in [-0.4, -0.2) is 6.09 Å². The summed E-state index contributed by atoms with van der Waals surface area (Å²) >= 11 is 0. The number of ether oxygens (including phenoxy) is 1. The minimum absolute atomic E-state index is 0.538. The molecule has 3 nitrogen and oxygen atoms in total. The molecular weight excluding hydrogens is 142 g/mol. The van der Waals surface area contributed by atoms with Gasteiger partial charge in [0.2, 0.25) is 0 Å². The van der Waals surface area contributed by atoms with E-state index in [2.05, 4.69) is 4.74 Å². The minimum Gasteiger partial charge on any atom is -0.416 e. The highest BCUT2D eigenvalue weighted by Crippen LogP contribution is 1.97. The highest BCUT2D eigenvalue weighted by atomic mass is 16.5. The highest BCUT2D eigenvalue weighted by molar-refractivity contribution is 5.65. The van der Waals surface area contributed by atoms with Crippen LogP contribution in [-0.2, 0) is 4.74 Å². The number of carbonyl (C=O) groups is 1. The van der Waals surface area contributed by atoms with Gasteiger partial charge in [0, 0.05) is 0 Å². The molecule has 0 aromatic heterocycles. The van der Waals surface area contributed by atoms with Gasteiger partial charge < -0.3 is 10.5 Å². The van der Waals surface area contributed by atoms with Crippen LogP contribution in [0.15, 0.2) is 24.0 Å². The van der Waals surface area contributed by atoms with Gasteiger partial charge >= 0.3 is 6.09 Å². The molecule has 0 spiro atoms. The third-order valence-corrected chi connectivity index (χ3v) is 1.04. The summed E-state index contributed by atoms with van der Waals surface area (Å²) in [6, 6.07) is 0. The van der Waals surface area contributed by atoms with E-state index in [4.69, 9.17) is 5.73 Å². The van der Waals surface area contributed by atoms with Crippen LogP contribution in [0, 0.1) is 0 Å². The van der Waals surface area contributed by atoms with Crippen molar-refractivity contribution < 1.29 is 9.53 Å². The number of hydrogen-bond donors (Lipinski definition) is 1. The van der Waals surface area contributed by atoms with Crippen molar-refractivity contribution in [2.24, 2.45) is 5.73 Å².